The second-order valence-corrected chi connectivity index (χ2v) is 2.19. The minimum Gasteiger partial charge on any atom is -0.333 e. The van der Waals surface area contributed by atoms with E-state index in [1.165, 1.54) is 0 Å². The molecule has 9 heavy (non-hydrogen) atoms. The van der Waals surface area contributed by atoms with Gasteiger partial charge in [0.25, 0.3) is 0 Å². The van der Waals surface area contributed by atoms with Gasteiger partial charge >= 0.3 is 6.03 Å². The zero-order valence-electron chi connectivity index (χ0n) is 5.42. The molecule has 1 rings (SSSR count). The third-order valence-electron chi connectivity index (χ3n) is 1.32. The molecule has 0 aliphatic carbocycles. The van der Waals surface area contributed by atoms with Crippen LogP contribution < -0.4 is 5.32 Å². The summed E-state index contributed by atoms with van der Waals surface area (Å²) in [6.07, 6.45) is 1.54. The highest BCUT2D eigenvalue weighted by atomic mass is 16.2. The maximum atomic E-state index is 10.8. The number of amides is 2. The van der Waals surface area contributed by atoms with Crippen molar-refractivity contribution in [1.82, 2.24) is 10.2 Å². The molecular formula is C6H10N2O. The number of urea groups is 1. The molecule has 3 heteroatoms. The smallest absolute Gasteiger partial charge is 0.321 e. The summed E-state index contributed by atoms with van der Waals surface area (Å²) < 4.78 is 0. The number of rotatable bonds is 1. The number of nitrogens with zero attached hydrogens (tertiary/aromatic N) is 1. The van der Waals surface area contributed by atoms with Crippen LogP contribution >= 0.6 is 0 Å². The first-order valence-corrected chi connectivity index (χ1v) is 2.93. The van der Waals surface area contributed by atoms with Gasteiger partial charge in [-0.25, -0.2) is 4.79 Å². The van der Waals surface area contributed by atoms with E-state index in [-0.39, 0.29) is 12.1 Å². The monoisotopic (exact) mass is 126 g/mol. The predicted molar refractivity (Wildman–Crippen MR) is 34.9 cm³/mol. The van der Waals surface area contributed by atoms with Crippen LogP contribution in [0.1, 0.15) is 6.92 Å². The Bertz CT molecular complexity index is 144. The van der Waals surface area contributed by atoms with E-state index < -0.39 is 0 Å². The molecule has 1 unspecified atom stereocenters. The van der Waals surface area contributed by atoms with Crippen LogP contribution in [0.25, 0.3) is 0 Å². The van der Waals surface area contributed by atoms with Crippen LogP contribution in [0.15, 0.2) is 12.8 Å². The minimum atomic E-state index is -0.0440. The fraction of sp³-hybridized carbons (Fsp3) is 0.500. The third kappa shape index (κ3) is 1.04. The van der Waals surface area contributed by atoms with Gasteiger partial charge in [0, 0.05) is 18.8 Å². The summed E-state index contributed by atoms with van der Waals surface area (Å²) in [7, 11) is 0. The quantitative estimate of drug-likeness (QED) is 0.546. The molecule has 0 radical (unpaired) electrons. The van der Waals surface area contributed by atoms with Gasteiger partial charge in [0.1, 0.15) is 0 Å². The lowest BCUT2D eigenvalue weighted by atomic mass is 10.4. The first-order chi connectivity index (χ1) is 4.24. The fourth-order valence-corrected chi connectivity index (χ4v) is 0.875. The van der Waals surface area contributed by atoms with Crippen molar-refractivity contribution in [2.24, 2.45) is 0 Å². The molecule has 0 saturated carbocycles. The molecule has 1 fully saturated rings. The Morgan fingerprint density at radius 2 is 2.67 bits per heavy atom. The summed E-state index contributed by atoms with van der Waals surface area (Å²) in [6.45, 7) is 6.19. The first-order valence-electron chi connectivity index (χ1n) is 2.93. The Hall–Kier alpha value is -0.990. The van der Waals surface area contributed by atoms with E-state index in [0.717, 1.165) is 6.54 Å². The second kappa shape index (κ2) is 2.09. The van der Waals surface area contributed by atoms with Crippen LogP contribution in [0.2, 0.25) is 0 Å². The topological polar surface area (TPSA) is 32.3 Å². The maximum absolute atomic E-state index is 10.8. The Morgan fingerprint density at radius 3 is 2.89 bits per heavy atom. The van der Waals surface area contributed by atoms with Gasteiger partial charge in [0.15, 0.2) is 0 Å². The molecule has 1 heterocycles. The number of nitrogens with one attached hydrogen (secondary N) is 1. The van der Waals surface area contributed by atoms with Crippen molar-refractivity contribution in [2.75, 3.05) is 6.54 Å². The Kier molecular flexibility index (Phi) is 1.42. The molecule has 1 atom stereocenters. The maximum Gasteiger partial charge on any atom is 0.321 e. The van der Waals surface area contributed by atoms with Crippen molar-refractivity contribution in [3.8, 4) is 0 Å². The van der Waals surface area contributed by atoms with Crippen LogP contribution in [0.4, 0.5) is 4.79 Å². The highest BCUT2D eigenvalue weighted by Gasteiger charge is 2.22. The predicted octanol–water partition coefficient (Wildman–Crippen LogP) is 0.544. The fourth-order valence-electron chi connectivity index (χ4n) is 0.875. The molecule has 0 spiro atoms. The Morgan fingerprint density at radius 1 is 2.00 bits per heavy atom. The molecule has 0 aromatic rings. The first kappa shape index (κ1) is 6.13. The van der Waals surface area contributed by atoms with Gasteiger partial charge in [-0.1, -0.05) is 6.58 Å². The largest absolute Gasteiger partial charge is 0.333 e. The van der Waals surface area contributed by atoms with Crippen molar-refractivity contribution in [1.29, 1.82) is 0 Å². The lowest BCUT2D eigenvalue weighted by molar-refractivity contribution is 0.230. The summed E-state index contributed by atoms with van der Waals surface area (Å²) in [5.41, 5.74) is 0. The number of hydrogen-bond donors (Lipinski definition) is 1. The Labute approximate surface area is 54.3 Å². The zero-order chi connectivity index (χ0) is 6.85. The highest BCUT2D eigenvalue weighted by molar-refractivity contribution is 5.77. The molecule has 1 N–H and O–H groups in total. The molecular weight excluding hydrogens is 116 g/mol. The Balaban J connectivity index is 2.57. The number of carbonyl (C=O) groups is 1. The van der Waals surface area contributed by atoms with Crippen molar-refractivity contribution >= 4 is 6.03 Å². The van der Waals surface area contributed by atoms with E-state index >= 15 is 0 Å². The average molecular weight is 126 g/mol. The summed E-state index contributed by atoms with van der Waals surface area (Å²) in [6, 6.07) is 0.216. The van der Waals surface area contributed by atoms with Gasteiger partial charge in [0.05, 0.1) is 0 Å². The van der Waals surface area contributed by atoms with Crippen LogP contribution in [0.5, 0.6) is 0 Å². The minimum absolute atomic E-state index is 0.0440. The summed E-state index contributed by atoms with van der Waals surface area (Å²) in [4.78, 5) is 12.3. The van der Waals surface area contributed by atoms with E-state index in [0.29, 0.717) is 0 Å². The van der Waals surface area contributed by atoms with Crippen LogP contribution in [-0.2, 0) is 0 Å². The van der Waals surface area contributed by atoms with Crippen molar-refractivity contribution in [2.45, 2.75) is 13.0 Å². The second-order valence-electron chi connectivity index (χ2n) is 2.19. The molecule has 0 aromatic heterocycles. The van der Waals surface area contributed by atoms with Gasteiger partial charge in [-0.05, 0) is 6.92 Å². The van der Waals surface area contributed by atoms with E-state index in [2.05, 4.69) is 11.9 Å². The van der Waals surface area contributed by atoms with E-state index in [1.54, 1.807) is 11.1 Å². The van der Waals surface area contributed by atoms with E-state index in [1.807, 2.05) is 6.92 Å². The molecule has 50 valence electrons. The van der Waals surface area contributed by atoms with Gasteiger partial charge in [-0.15, -0.1) is 0 Å². The lowest BCUT2D eigenvalue weighted by Crippen LogP contribution is -2.24. The molecule has 2 amide bonds. The molecule has 1 aliphatic rings. The molecule has 1 saturated heterocycles. The molecule has 0 bridgehead atoms. The van der Waals surface area contributed by atoms with E-state index in [4.69, 9.17) is 0 Å². The zero-order valence-corrected chi connectivity index (χ0v) is 5.42. The van der Waals surface area contributed by atoms with Gasteiger partial charge in [-0.3, -0.25) is 4.90 Å². The summed E-state index contributed by atoms with van der Waals surface area (Å²) in [5.74, 6) is 0. The number of carbonyl (C=O) groups excluding carboxylic acids is 1. The van der Waals surface area contributed by atoms with E-state index in [9.17, 15) is 4.79 Å². The summed E-state index contributed by atoms with van der Waals surface area (Å²) in [5, 5.41) is 2.73. The summed E-state index contributed by atoms with van der Waals surface area (Å²) >= 11 is 0. The van der Waals surface area contributed by atoms with Crippen molar-refractivity contribution < 1.29 is 4.79 Å². The van der Waals surface area contributed by atoms with Gasteiger partial charge < -0.3 is 5.32 Å². The average Bonchev–Trinajstić information content (AvgIpc) is 2.10. The lowest BCUT2D eigenvalue weighted by Gasteiger charge is -2.04. The van der Waals surface area contributed by atoms with Gasteiger partial charge in [-0.2, -0.15) is 0 Å². The molecule has 0 aromatic carbocycles. The van der Waals surface area contributed by atoms with Crippen molar-refractivity contribution in [3.63, 3.8) is 0 Å². The standard InChI is InChI=1S/C6H10N2O/c1-3-8-4-5(2)7-6(8)9/h3,5H,1,4H2,2H3,(H,7,9). The van der Waals surface area contributed by atoms with Crippen LogP contribution in [-0.4, -0.2) is 23.5 Å². The third-order valence-corrected chi connectivity index (χ3v) is 1.32. The van der Waals surface area contributed by atoms with Crippen molar-refractivity contribution in [3.05, 3.63) is 12.8 Å². The van der Waals surface area contributed by atoms with Crippen LogP contribution in [0, 0.1) is 0 Å². The molecule has 3 nitrogen and oxygen atoms in total. The normalized spacial score (nSPS) is 26.1. The van der Waals surface area contributed by atoms with Crippen LogP contribution in [0.3, 0.4) is 0 Å². The highest BCUT2D eigenvalue weighted by Crippen LogP contribution is 2.01. The number of hydrogen-bond acceptors (Lipinski definition) is 1. The van der Waals surface area contributed by atoms with Gasteiger partial charge in [0.2, 0.25) is 0 Å². The molecule has 1 aliphatic heterocycles. The SMILES string of the molecule is C=CN1CC(C)NC1=O.